The number of alkyl carbamates (subject to hydrolysis) is 1. The fourth-order valence-corrected chi connectivity index (χ4v) is 1.42. The maximum atomic E-state index is 11.2. The van der Waals surface area contributed by atoms with E-state index in [1.54, 1.807) is 0 Å². The molecule has 1 amide bonds. The van der Waals surface area contributed by atoms with E-state index in [-0.39, 0.29) is 6.61 Å². The molecule has 6 nitrogen and oxygen atoms in total. The molecule has 0 atom stereocenters. The smallest absolute Gasteiger partial charge is 0.407 e. The van der Waals surface area contributed by atoms with Crippen molar-refractivity contribution in [3.05, 3.63) is 48.9 Å². The lowest BCUT2D eigenvalue weighted by Crippen LogP contribution is -2.23. The molecule has 0 aliphatic carbocycles. The molecule has 98 valence electrons. The maximum Gasteiger partial charge on any atom is 0.407 e. The van der Waals surface area contributed by atoms with Gasteiger partial charge in [-0.05, 0) is 17.7 Å². The van der Waals surface area contributed by atoms with Crippen LogP contribution in [-0.4, -0.2) is 22.9 Å². The number of hydrogen-bond donors (Lipinski definition) is 1. The standard InChI is InChI=1S/C13H13N3O3/c1-2-7-18-13(17)14-8-10-3-5-11(6-4-10)12-16-15-9-19-12/h2-6,9H,1,7-8H2,(H,14,17). The average Bonchev–Trinajstić information content (AvgIpc) is 2.97. The van der Waals surface area contributed by atoms with Gasteiger partial charge in [0, 0.05) is 12.1 Å². The highest BCUT2D eigenvalue weighted by Gasteiger charge is 2.04. The second kappa shape index (κ2) is 6.34. The summed E-state index contributed by atoms with van der Waals surface area (Å²) in [4.78, 5) is 11.2. The molecule has 0 bridgehead atoms. The van der Waals surface area contributed by atoms with Crippen molar-refractivity contribution in [2.75, 3.05) is 6.61 Å². The van der Waals surface area contributed by atoms with Gasteiger partial charge in [-0.1, -0.05) is 24.8 Å². The molecule has 2 aromatic rings. The minimum Gasteiger partial charge on any atom is -0.445 e. The summed E-state index contributed by atoms with van der Waals surface area (Å²) in [7, 11) is 0. The Labute approximate surface area is 110 Å². The van der Waals surface area contributed by atoms with Crippen LogP contribution in [0.1, 0.15) is 5.56 Å². The highest BCUT2D eigenvalue weighted by atomic mass is 16.5. The summed E-state index contributed by atoms with van der Waals surface area (Å²) in [6.07, 6.45) is 2.32. The number of nitrogens with zero attached hydrogens (tertiary/aromatic N) is 2. The fraction of sp³-hybridized carbons (Fsp3) is 0.154. The first-order valence-corrected chi connectivity index (χ1v) is 5.66. The van der Waals surface area contributed by atoms with Crippen molar-refractivity contribution in [2.45, 2.75) is 6.54 Å². The number of nitrogens with one attached hydrogen (secondary N) is 1. The van der Waals surface area contributed by atoms with Gasteiger partial charge >= 0.3 is 6.09 Å². The summed E-state index contributed by atoms with van der Waals surface area (Å²) in [6.45, 7) is 4.05. The van der Waals surface area contributed by atoms with E-state index in [4.69, 9.17) is 9.15 Å². The van der Waals surface area contributed by atoms with Crippen LogP contribution in [0.5, 0.6) is 0 Å². The molecule has 6 heteroatoms. The second-order valence-corrected chi connectivity index (χ2v) is 3.68. The first-order chi connectivity index (χ1) is 9.29. The molecule has 2 rings (SSSR count). The lowest BCUT2D eigenvalue weighted by Gasteiger charge is -2.05. The van der Waals surface area contributed by atoms with E-state index < -0.39 is 6.09 Å². The number of amides is 1. The van der Waals surface area contributed by atoms with E-state index >= 15 is 0 Å². The predicted molar refractivity (Wildman–Crippen MR) is 68.1 cm³/mol. The number of hydrogen-bond acceptors (Lipinski definition) is 5. The zero-order chi connectivity index (χ0) is 13.5. The van der Waals surface area contributed by atoms with Gasteiger partial charge in [-0.25, -0.2) is 4.79 Å². The number of rotatable bonds is 5. The van der Waals surface area contributed by atoms with Crippen molar-refractivity contribution in [2.24, 2.45) is 0 Å². The van der Waals surface area contributed by atoms with Gasteiger partial charge in [-0.15, -0.1) is 10.2 Å². The van der Waals surface area contributed by atoms with E-state index in [1.165, 1.54) is 12.5 Å². The summed E-state index contributed by atoms with van der Waals surface area (Å²) >= 11 is 0. The van der Waals surface area contributed by atoms with E-state index in [2.05, 4.69) is 22.1 Å². The Morgan fingerprint density at radius 1 is 1.42 bits per heavy atom. The summed E-state index contributed by atoms with van der Waals surface area (Å²) < 4.78 is 9.87. The molecule has 0 saturated carbocycles. The highest BCUT2D eigenvalue weighted by molar-refractivity contribution is 5.67. The van der Waals surface area contributed by atoms with Gasteiger partial charge in [-0.3, -0.25) is 0 Å². The van der Waals surface area contributed by atoms with Gasteiger partial charge in [0.25, 0.3) is 0 Å². The molecule has 0 aliphatic heterocycles. The van der Waals surface area contributed by atoms with Gasteiger partial charge in [0.15, 0.2) is 0 Å². The monoisotopic (exact) mass is 259 g/mol. The average molecular weight is 259 g/mol. The van der Waals surface area contributed by atoms with Crippen LogP contribution in [-0.2, 0) is 11.3 Å². The Morgan fingerprint density at radius 2 is 2.21 bits per heavy atom. The first-order valence-electron chi connectivity index (χ1n) is 5.66. The van der Waals surface area contributed by atoms with Gasteiger partial charge in [-0.2, -0.15) is 0 Å². The quantitative estimate of drug-likeness (QED) is 0.832. The van der Waals surface area contributed by atoms with Crippen LogP contribution in [0.3, 0.4) is 0 Å². The van der Waals surface area contributed by atoms with Crippen molar-refractivity contribution in [1.29, 1.82) is 0 Å². The zero-order valence-electron chi connectivity index (χ0n) is 10.2. The van der Waals surface area contributed by atoms with Crippen LogP contribution < -0.4 is 5.32 Å². The van der Waals surface area contributed by atoms with Crippen molar-refractivity contribution in [1.82, 2.24) is 15.5 Å². The molecule has 0 radical (unpaired) electrons. The first kappa shape index (κ1) is 12.8. The Balaban J connectivity index is 1.89. The molecule has 19 heavy (non-hydrogen) atoms. The Bertz CT molecular complexity index is 535. The zero-order valence-corrected chi connectivity index (χ0v) is 10.2. The molecule has 0 spiro atoms. The third-order valence-corrected chi connectivity index (χ3v) is 2.33. The van der Waals surface area contributed by atoms with Crippen LogP contribution in [0, 0.1) is 0 Å². The van der Waals surface area contributed by atoms with Crippen LogP contribution in [0.4, 0.5) is 4.79 Å². The van der Waals surface area contributed by atoms with Crippen LogP contribution in [0.25, 0.3) is 11.5 Å². The molecule has 0 aliphatic rings. The van der Waals surface area contributed by atoms with Crippen LogP contribution in [0.15, 0.2) is 47.7 Å². The summed E-state index contributed by atoms with van der Waals surface area (Å²) in [6, 6.07) is 7.43. The van der Waals surface area contributed by atoms with E-state index in [0.29, 0.717) is 12.4 Å². The lowest BCUT2D eigenvalue weighted by atomic mass is 10.1. The summed E-state index contributed by atoms with van der Waals surface area (Å²) in [5.74, 6) is 0.463. The highest BCUT2D eigenvalue weighted by Crippen LogP contribution is 2.16. The molecule has 1 aromatic carbocycles. The Kier molecular flexibility index (Phi) is 4.28. The van der Waals surface area contributed by atoms with Crippen LogP contribution >= 0.6 is 0 Å². The van der Waals surface area contributed by atoms with Gasteiger partial charge in [0.2, 0.25) is 12.3 Å². The summed E-state index contributed by atoms with van der Waals surface area (Å²) in [5, 5.41) is 10.0. The molecule has 1 aromatic heterocycles. The number of aromatic nitrogens is 2. The summed E-state index contributed by atoms with van der Waals surface area (Å²) in [5.41, 5.74) is 1.77. The molecule has 0 fully saturated rings. The van der Waals surface area contributed by atoms with E-state index in [0.717, 1.165) is 11.1 Å². The predicted octanol–water partition coefficient (Wildman–Crippen LogP) is 2.15. The molecule has 1 N–H and O–H groups in total. The number of carbonyl (C=O) groups is 1. The Morgan fingerprint density at radius 3 is 2.84 bits per heavy atom. The second-order valence-electron chi connectivity index (χ2n) is 3.68. The number of carbonyl (C=O) groups excluding carboxylic acids is 1. The number of ether oxygens (including phenoxy) is 1. The SMILES string of the molecule is C=CCOC(=O)NCc1ccc(-c2nnco2)cc1. The van der Waals surface area contributed by atoms with Crippen LogP contribution in [0.2, 0.25) is 0 Å². The molecule has 0 saturated heterocycles. The minimum absolute atomic E-state index is 0.196. The fourth-order valence-electron chi connectivity index (χ4n) is 1.42. The van der Waals surface area contributed by atoms with Crippen molar-refractivity contribution >= 4 is 6.09 Å². The largest absolute Gasteiger partial charge is 0.445 e. The van der Waals surface area contributed by atoms with E-state index in [1.807, 2.05) is 24.3 Å². The van der Waals surface area contributed by atoms with E-state index in [9.17, 15) is 4.79 Å². The minimum atomic E-state index is -0.471. The normalized spacial score (nSPS) is 9.89. The van der Waals surface area contributed by atoms with Crippen molar-refractivity contribution in [3.8, 4) is 11.5 Å². The van der Waals surface area contributed by atoms with Gasteiger partial charge in [0.05, 0.1) is 0 Å². The topological polar surface area (TPSA) is 77.2 Å². The molecular weight excluding hydrogens is 246 g/mol. The molecular formula is C13H13N3O3. The van der Waals surface area contributed by atoms with Crippen molar-refractivity contribution < 1.29 is 13.9 Å². The van der Waals surface area contributed by atoms with Crippen molar-refractivity contribution in [3.63, 3.8) is 0 Å². The Hall–Kier alpha value is -2.63. The maximum absolute atomic E-state index is 11.2. The third-order valence-electron chi connectivity index (χ3n) is 2.33. The van der Waals surface area contributed by atoms with Gasteiger partial charge in [0.1, 0.15) is 6.61 Å². The van der Waals surface area contributed by atoms with Gasteiger partial charge < -0.3 is 14.5 Å². The molecule has 0 unspecified atom stereocenters. The lowest BCUT2D eigenvalue weighted by molar-refractivity contribution is 0.158. The third kappa shape index (κ3) is 3.67. The molecule has 1 heterocycles. The number of benzene rings is 1.